The van der Waals surface area contributed by atoms with E-state index in [0.717, 1.165) is 4.90 Å². The van der Waals surface area contributed by atoms with E-state index in [1.54, 1.807) is 11.0 Å². The van der Waals surface area contributed by atoms with Crippen molar-refractivity contribution in [3.05, 3.63) is 29.3 Å². The summed E-state index contributed by atoms with van der Waals surface area (Å²) >= 11 is 0. The van der Waals surface area contributed by atoms with Gasteiger partial charge in [0.25, 0.3) is 5.91 Å². The Labute approximate surface area is 171 Å². The molecule has 1 aromatic carbocycles. The molecule has 1 aromatic rings. The van der Waals surface area contributed by atoms with Crippen LogP contribution in [-0.2, 0) is 16.0 Å². The highest BCUT2D eigenvalue weighted by atomic mass is 16.5. The van der Waals surface area contributed by atoms with E-state index in [0.29, 0.717) is 5.56 Å². The molecular weight excluding hydrogens is 395 g/mol. The van der Waals surface area contributed by atoms with Crippen molar-refractivity contribution in [1.29, 1.82) is 0 Å². The molecule has 0 unspecified atom stereocenters. The molecule has 158 valence electrons. The van der Waals surface area contributed by atoms with Crippen molar-refractivity contribution < 1.29 is 34.0 Å². The molecule has 1 spiro atoms. The molecule has 2 fully saturated rings. The number of nitrogens with one attached hydrogen (secondary N) is 1. The highest BCUT2D eigenvalue weighted by Crippen LogP contribution is 2.36. The number of fused-ring (bicyclic) bond motifs is 1. The van der Waals surface area contributed by atoms with Gasteiger partial charge in [0, 0.05) is 13.1 Å². The van der Waals surface area contributed by atoms with Crippen molar-refractivity contribution in [1.82, 2.24) is 15.1 Å². The van der Waals surface area contributed by atoms with Crippen LogP contribution in [-0.4, -0.2) is 82.0 Å². The second kappa shape index (κ2) is 7.29. The summed E-state index contributed by atoms with van der Waals surface area (Å²) in [6.45, 7) is 0.442. The lowest BCUT2D eigenvalue weighted by molar-refractivity contribution is -0.138. The molecular formula is C18H21BN4O7. The monoisotopic (exact) mass is 416 g/mol. The van der Waals surface area contributed by atoms with Gasteiger partial charge >= 0.3 is 19.1 Å². The zero-order chi connectivity index (χ0) is 21.6. The molecule has 3 aliphatic heterocycles. The lowest BCUT2D eigenvalue weighted by Gasteiger charge is -2.38. The summed E-state index contributed by atoms with van der Waals surface area (Å²) in [7, 11) is -1.57. The Morgan fingerprint density at radius 1 is 1.30 bits per heavy atom. The second-order valence-corrected chi connectivity index (χ2v) is 7.65. The molecule has 12 heteroatoms. The molecule has 11 nitrogen and oxygen atoms in total. The van der Waals surface area contributed by atoms with Crippen LogP contribution in [0.1, 0.15) is 28.8 Å². The molecule has 0 saturated carbocycles. The van der Waals surface area contributed by atoms with Gasteiger partial charge in [-0.2, -0.15) is 0 Å². The number of nitrogens with two attached hydrogens (primary N) is 1. The van der Waals surface area contributed by atoms with Crippen LogP contribution in [0.4, 0.5) is 4.79 Å². The fraction of sp³-hybridized carbons (Fsp3) is 0.444. The van der Waals surface area contributed by atoms with Crippen molar-refractivity contribution in [3.63, 3.8) is 0 Å². The zero-order valence-electron chi connectivity index (χ0n) is 16.0. The highest BCUT2D eigenvalue weighted by Gasteiger charge is 2.57. The van der Waals surface area contributed by atoms with Crippen LogP contribution in [0.5, 0.6) is 5.75 Å². The number of aromatic carboxylic acids is 1. The first-order valence-corrected chi connectivity index (χ1v) is 9.61. The number of carboxylic acids is 1. The number of nitrogens with zero attached hydrogens (tertiary/aromatic N) is 2. The van der Waals surface area contributed by atoms with Crippen LogP contribution in [0.25, 0.3) is 0 Å². The summed E-state index contributed by atoms with van der Waals surface area (Å²) in [5.41, 5.74) is 4.62. The Morgan fingerprint density at radius 3 is 2.63 bits per heavy atom. The minimum atomic E-state index is -1.57. The van der Waals surface area contributed by atoms with Gasteiger partial charge in [-0.1, -0.05) is 12.1 Å². The topological polar surface area (TPSA) is 162 Å². The highest BCUT2D eigenvalue weighted by molar-refractivity contribution is 6.47. The first-order valence-electron chi connectivity index (χ1n) is 9.61. The van der Waals surface area contributed by atoms with E-state index in [-0.39, 0.29) is 56.1 Å². The van der Waals surface area contributed by atoms with Crippen molar-refractivity contribution in [2.75, 3.05) is 19.6 Å². The van der Waals surface area contributed by atoms with Crippen molar-refractivity contribution >= 4 is 30.9 Å². The fourth-order valence-electron chi connectivity index (χ4n) is 4.35. The molecule has 4 amide bonds. The third-order valence-corrected chi connectivity index (χ3v) is 5.99. The third kappa shape index (κ3) is 3.08. The number of piperidine rings is 1. The summed E-state index contributed by atoms with van der Waals surface area (Å²) in [4.78, 5) is 51.6. The number of hydrogen-bond acceptors (Lipinski definition) is 7. The first-order chi connectivity index (χ1) is 14.3. The van der Waals surface area contributed by atoms with Gasteiger partial charge in [0.1, 0.15) is 11.3 Å². The number of para-hydroxylation sites is 1. The maximum Gasteiger partial charge on any atom is 0.547 e. The number of amides is 4. The average molecular weight is 416 g/mol. The summed E-state index contributed by atoms with van der Waals surface area (Å²) in [6.07, 6.45) is 0.539. The maximum absolute atomic E-state index is 13.2. The van der Waals surface area contributed by atoms with Crippen LogP contribution in [0.15, 0.2) is 18.2 Å². The predicted octanol–water partition coefficient (Wildman–Crippen LogP) is -1.42. The van der Waals surface area contributed by atoms with Gasteiger partial charge < -0.3 is 30.7 Å². The van der Waals surface area contributed by atoms with Gasteiger partial charge in [0.15, 0.2) is 0 Å². The molecule has 0 radical (unpaired) electrons. The lowest BCUT2D eigenvalue weighted by Crippen LogP contribution is -2.59. The van der Waals surface area contributed by atoms with Crippen LogP contribution in [0.2, 0.25) is 0 Å². The Balaban J connectivity index is 1.56. The second-order valence-electron chi connectivity index (χ2n) is 7.65. The Hall–Kier alpha value is -3.12. The summed E-state index contributed by atoms with van der Waals surface area (Å²) in [6, 6.07) is 3.88. The maximum atomic E-state index is 13.2. The van der Waals surface area contributed by atoms with E-state index in [4.69, 9.17) is 10.4 Å². The summed E-state index contributed by atoms with van der Waals surface area (Å²) < 4.78 is 5.42. The van der Waals surface area contributed by atoms with E-state index in [9.17, 15) is 29.3 Å². The number of likely N-dealkylation sites (tertiary alicyclic amines) is 1. The summed E-state index contributed by atoms with van der Waals surface area (Å²) in [5, 5.41) is 22.5. The van der Waals surface area contributed by atoms with E-state index in [2.05, 4.69) is 5.32 Å². The van der Waals surface area contributed by atoms with Gasteiger partial charge in [-0.05, 0) is 30.9 Å². The van der Waals surface area contributed by atoms with Crippen LogP contribution < -0.4 is 15.7 Å². The van der Waals surface area contributed by atoms with Gasteiger partial charge in [-0.15, -0.1) is 0 Å². The molecule has 5 N–H and O–H groups in total. The van der Waals surface area contributed by atoms with E-state index < -0.39 is 36.5 Å². The van der Waals surface area contributed by atoms with Gasteiger partial charge in [0.05, 0.1) is 18.0 Å². The molecule has 1 atom stereocenters. The van der Waals surface area contributed by atoms with Crippen molar-refractivity contribution in [2.45, 2.75) is 30.7 Å². The molecule has 3 aliphatic rings. The molecule has 4 rings (SSSR count). The first kappa shape index (κ1) is 20.2. The third-order valence-electron chi connectivity index (χ3n) is 5.99. The smallest absolute Gasteiger partial charge is 0.534 e. The van der Waals surface area contributed by atoms with Crippen molar-refractivity contribution in [2.24, 2.45) is 5.73 Å². The predicted molar refractivity (Wildman–Crippen MR) is 102 cm³/mol. The molecule has 0 aromatic heterocycles. The number of hydrogen-bond donors (Lipinski definition) is 4. The molecule has 2 saturated heterocycles. The van der Waals surface area contributed by atoms with Gasteiger partial charge in [-0.25, -0.2) is 9.59 Å². The van der Waals surface area contributed by atoms with Gasteiger partial charge in [0.2, 0.25) is 5.91 Å². The standard InChI is InChI=1S/C18H21BN4O7/c20-9-13(24)22-6-4-18(5-7-22)16(27)23(17(28)21-18)12-8-10-2-1-3-11(15(25)26)14(10)30-19(12)29/h1-3,12,29H,4-9,20H2,(H,21,28)(H,25,26)/t12-/m0/s1. The zero-order valence-corrected chi connectivity index (χ0v) is 16.0. The van der Waals surface area contributed by atoms with E-state index in [1.165, 1.54) is 12.1 Å². The Morgan fingerprint density at radius 2 is 2.00 bits per heavy atom. The number of benzene rings is 1. The number of carbonyl (C=O) groups excluding carboxylic acids is 3. The quantitative estimate of drug-likeness (QED) is 0.345. The van der Waals surface area contributed by atoms with Crippen LogP contribution in [0.3, 0.4) is 0 Å². The normalized spacial score (nSPS) is 22.6. The Kier molecular flexibility index (Phi) is 4.90. The SMILES string of the molecule is NCC(=O)N1CCC2(CC1)NC(=O)N([C@H]1Cc3cccc(C(=O)O)c3OB1O)C2=O. The number of carbonyl (C=O) groups is 4. The molecule has 0 bridgehead atoms. The fourth-order valence-corrected chi connectivity index (χ4v) is 4.35. The van der Waals surface area contributed by atoms with Crippen LogP contribution >= 0.6 is 0 Å². The average Bonchev–Trinajstić information content (AvgIpc) is 2.96. The minimum absolute atomic E-state index is 0.0316. The number of rotatable bonds is 3. The minimum Gasteiger partial charge on any atom is -0.534 e. The largest absolute Gasteiger partial charge is 0.547 e. The molecule has 0 aliphatic carbocycles. The number of urea groups is 1. The number of imide groups is 1. The van der Waals surface area contributed by atoms with Gasteiger partial charge in [-0.3, -0.25) is 14.5 Å². The van der Waals surface area contributed by atoms with Crippen molar-refractivity contribution in [3.8, 4) is 5.75 Å². The molecule has 3 heterocycles. The van der Waals surface area contributed by atoms with E-state index >= 15 is 0 Å². The molecule has 30 heavy (non-hydrogen) atoms. The van der Waals surface area contributed by atoms with E-state index in [1.807, 2.05) is 0 Å². The van der Waals surface area contributed by atoms with Crippen LogP contribution in [0, 0.1) is 0 Å². The number of carboxylic acid groups (broad SMARTS) is 1. The lowest BCUT2D eigenvalue weighted by atomic mass is 9.71. The Bertz CT molecular complexity index is 931. The summed E-state index contributed by atoms with van der Waals surface area (Å²) in [5.74, 6) is -2.88.